The highest BCUT2D eigenvalue weighted by atomic mass is 35.5. The topological polar surface area (TPSA) is 83.4 Å². The van der Waals surface area contributed by atoms with Gasteiger partial charge in [-0.15, -0.1) is 0 Å². The number of carbonyl (C=O) groups is 2. The van der Waals surface area contributed by atoms with Crippen LogP contribution < -0.4 is 14.2 Å². The lowest BCUT2D eigenvalue weighted by molar-refractivity contribution is -0.129. The summed E-state index contributed by atoms with van der Waals surface area (Å²) in [6.07, 6.45) is 1.56. The number of cyclic esters (lactones) is 1. The molecule has 0 bridgehead atoms. The average molecular weight is 478 g/mol. The van der Waals surface area contributed by atoms with E-state index in [1.807, 2.05) is 6.92 Å². The first-order valence-electron chi connectivity index (χ1n) is 10.4. The first-order valence-corrected chi connectivity index (χ1v) is 10.8. The number of hydrogen-bond acceptors (Lipinski definition) is 7. The number of methoxy groups -OCH3 is 1. The number of esters is 2. The zero-order chi connectivity index (χ0) is 24.1. The fourth-order valence-corrected chi connectivity index (χ4v) is 3.44. The molecule has 0 aromatic heterocycles. The number of hydrogen-bond donors (Lipinski definition) is 0. The molecular weight excluding hydrogens is 458 g/mol. The number of carbonyl (C=O) groups excluding carboxylic acids is 2. The Morgan fingerprint density at radius 3 is 2.62 bits per heavy atom. The van der Waals surface area contributed by atoms with Gasteiger partial charge in [0.1, 0.15) is 11.3 Å². The highest BCUT2D eigenvalue weighted by Gasteiger charge is 2.24. The minimum Gasteiger partial charge on any atom is -0.496 e. The van der Waals surface area contributed by atoms with Gasteiger partial charge < -0.3 is 18.9 Å². The summed E-state index contributed by atoms with van der Waals surface area (Å²) in [4.78, 5) is 29.3. The number of rotatable bonds is 7. The van der Waals surface area contributed by atoms with Gasteiger partial charge in [0.2, 0.25) is 5.90 Å². The number of benzene rings is 3. The second-order valence-corrected chi connectivity index (χ2v) is 7.51. The lowest BCUT2D eigenvalue weighted by Gasteiger charge is -2.12. The van der Waals surface area contributed by atoms with Crippen LogP contribution in [0.3, 0.4) is 0 Å². The molecule has 1 aliphatic heterocycles. The molecule has 34 heavy (non-hydrogen) atoms. The fraction of sp³-hybridized carbons (Fsp3) is 0.115. The minimum atomic E-state index is -0.584. The minimum absolute atomic E-state index is 0.121. The Bertz CT molecular complexity index is 1310. The van der Waals surface area contributed by atoms with Crippen molar-refractivity contribution < 1.29 is 28.5 Å². The Balaban J connectivity index is 1.60. The highest BCUT2D eigenvalue weighted by Crippen LogP contribution is 2.32. The zero-order valence-corrected chi connectivity index (χ0v) is 19.2. The van der Waals surface area contributed by atoms with Gasteiger partial charge in [-0.25, -0.2) is 14.6 Å². The Morgan fingerprint density at radius 2 is 1.85 bits per heavy atom. The lowest BCUT2D eigenvalue weighted by atomic mass is 10.1. The van der Waals surface area contributed by atoms with E-state index >= 15 is 0 Å². The third-order valence-electron chi connectivity index (χ3n) is 4.79. The van der Waals surface area contributed by atoms with Crippen LogP contribution in [0.1, 0.15) is 28.4 Å². The predicted molar refractivity (Wildman–Crippen MR) is 128 cm³/mol. The number of ether oxygens (including phenoxy) is 4. The van der Waals surface area contributed by atoms with Crippen LogP contribution in [0, 0.1) is 0 Å². The maximum absolute atomic E-state index is 12.7. The van der Waals surface area contributed by atoms with E-state index < -0.39 is 11.9 Å². The molecule has 0 fully saturated rings. The second kappa shape index (κ2) is 10.2. The molecule has 0 radical (unpaired) electrons. The van der Waals surface area contributed by atoms with Crippen LogP contribution in [0.15, 0.2) is 77.4 Å². The number of halogens is 1. The molecule has 0 amide bonds. The summed E-state index contributed by atoms with van der Waals surface area (Å²) in [5, 5.41) is 0.508. The van der Waals surface area contributed by atoms with E-state index in [-0.39, 0.29) is 22.9 Å². The SMILES string of the molecule is CCOc1cc(/C=C2/N=C(c3cccc(Cl)c3)OC2=O)ccc1OC(=O)c1ccccc1OC. The second-order valence-electron chi connectivity index (χ2n) is 7.08. The van der Waals surface area contributed by atoms with Crippen molar-refractivity contribution in [1.29, 1.82) is 0 Å². The molecular formula is C26H20ClNO6. The van der Waals surface area contributed by atoms with E-state index in [0.717, 1.165) is 0 Å². The van der Waals surface area contributed by atoms with Gasteiger partial charge in [0.25, 0.3) is 0 Å². The quantitative estimate of drug-likeness (QED) is 0.260. The first kappa shape index (κ1) is 23.1. The smallest absolute Gasteiger partial charge is 0.363 e. The van der Waals surface area contributed by atoms with E-state index in [2.05, 4.69) is 4.99 Å². The van der Waals surface area contributed by atoms with Crippen LogP contribution in [0.2, 0.25) is 5.02 Å². The van der Waals surface area contributed by atoms with Crippen LogP contribution in [-0.4, -0.2) is 31.6 Å². The Kier molecular flexibility index (Phi) is 6.94. The van der Waals surface area contributed by atoms with Crippen molar-refractivity contribution in [3.05, 3.63) is 94.1 Å². The summed E-state index contributed by atoms with van der Waals surface area (Å²) in [6.45, 7) is 2.16. The zero-order valence-electron chi connectivity index (χ0n) is 18.4. The van der Waals surface area contributed by atoms with Gasteiger partial charge in [0, 0.05) is 10.6 Å². The fourth-order valence-electron chi connectivity index (χ4n) is 3.25. The van der Waals surface area contributed by atoms with Gasteiger partial charge in [-0.1, -0.05) is 35.9 Å². The molecule has 3 aromatic carbocycles. The van der Waals surface area contributed by atoms with Gasteiger partial charge in [-0.05, 0) is 61.0 Å². The van der Waals surface area contributed by atoms with Crippen LogP contribution in [0.4, 0.5) is 0 Å². The molecule has 7 nitrogen and oxygen atoms in total. The predicted octanol–water partition coefficient (Wildman–Crippen LogP) is 5.31. The van der Waals surface area contributed by atoms with Crippen molar-refractivity contribution in [3.63, 3.8) is 0 Å². The normalized spacial score (nSPS) is 13.9. The average Bonchev–Trinajstić information content (AvgIpc) is 3.21. The third-order valence-corrected chi connectivity index (χ3v) is 5.03. The first-order chi connectivity index (χ1) is 16.5. The number of aliphatic imine (C=N–C) groups is 1. The monoisotopic (exact) mass is 477 g/mol. The molecule has 0 N–H and O–H groups in total. The van der Waals surface area contributed by atoms with Crippen LogP contribution in [-0.2, 0) is 9.53 Å². The molecule has 0 saturated carbocycles. The Morgan fingerprint density at radius 1 is 1.03 bits per heavy atom. The summed E-state index contributed by atoms with van der Waals surface area (Å²) in [5.74, 6) is -0.0205. The molecule has 1 heterocycles. The molecule has 0 unspecified atom stereocenters. The maximum Gasteiger partial charge on any atom is 0.363 e. The van der Waals surface area contributed by atoms with Gasteiger partial charge in [0.15, 0.2) is 17.2 Å². The highest BCUT2D eigenvalue weighted by molar-refractivity contribution is 6.31. The maximum atomic E-state index is 12.7. The number of para-hydroxylation sites is 1. The molecule has 3 aromatic rings. The summed E-state index contributed by atoms with van der Waals surface area (Å²) >= 11 is 6.01. The van der Waals surface area contributed by atoms with E-state index in [9.17, 15) is 9.59 Å². The molecule has 8 heteroatoms. The molecule has 0 atom stereocenters. The summed E-state index contributed by atoms with van der Waals surface area (Å²) in [7, 11) is 1.48. The Labute approximate surface area is 201 Å². The van der Waals surface area contributed by atoms with Crippen LogP contribution in [0.25, 0.3) is 6.08 Å². The van der Waals surface area contributed by atoms with Crippen LogP contribution >= 0.6 is 11.6 Å². The van der Waals surface area contributed by atoms with Crippen molar-refractivity contribution in [1.82, 2.24) is 0 Å². The standard InChI is InChI=1S/C26H20ClNO6/c1-3-32-23-14-16(11-12-22(23)33-25(29)19-9-4-5-10-21(19)31-2)13-20-26(30)34-24(28-20)17-7-6-8-18(27)15-17/h4-15H,3H2,1-2H3/b20-13+. The van der Waals surface area contributed by atoms with Crippen molar-refractivity contribution in [3.8, 4) is 17.2 Å². The molecule has 172 valence electrons. The summed E-state index contributed by atoms with van der Waals surface area (Å²) in [5.41, 5.74) is 1.62. The van der Waals surface area contributed by atoms with Crippen molar-refractivity contribution in [2.45, 2.75) is 6.92 Å². The van der Waals surface area contributed by atoms with Crippen molar-refractivity contribution >= 4 is 35.5 Å². The van der Waals surface area contributed by atoms with E-state index in [1.165, 1.54) is 7.11 Å². The molecule has 0 saturated heterocycles. The van der Waals surface area contributed by atoms with Gasteiger partial charge in [0.05, 0.1) is 13.7 Å². The molecule has 0 aliphatic carbocycles. The van der Waals surface area contributed by atoms with Crippen molar-refractivity contribution in [2.75, 3.05) is 13.7 Å². The number of nitrogens with zero attached hydrogens (tertiary/aromatic N) is 1. The van der Waals surface area contributed by atoms with Gasteiger partial charge in [-0.2, -0.15) is 0 Å². The summed E-state index contributed by atoms with van der Waals surface area (Å²) in [6, 6.07) is 18.6. The van der Waals surface area contributed by atoms with Gasteiger partial charge >= 0.3 is 11.9 Å². The van der Waals surface area contributed by atoms with Crippen molar-refractivity contribution in [2.24, 2.45) is 4.99 Å². The summed E-state index contributed by atoms with van der Waals surface area (Å²) < 4.78 is 21.7. The largest absolute Gasteiger partial charge is 0.496 e. The molecule has 0 spiro atoms. The third kappa shape index (κ3) is 5.10. The lowest BCUT2D eigenvalue weighted by Crippen LogP contribution is -2.11. The molecule has 1 aliphatic rings. The Hall–Kier alpha value is -4.10. The van der Waals surface area contributed by atoms with E-state index in [1.54, 1.807) is 72.8 Å². The van der Waals surface area contributed by atoms with E-state index in [4.69, 9.17) is 30.5 Å². The molecule has 4 rings (SSSR count). The van der Waals surface area contributed by atoms with Crippen LogP contribution in [0.5, 0.6) is 17.2 Å². The van der Waals surface area contributed by atoms with E-state index in [0.29, 0.717) is 34.3 Å². The van der Waals surface area contributed by atoms with Gasteiger partial charge in [-0.3, -0.25) is 0 Å².